The lowest BCUT2D eigenvalue weighted by molar-refractivity contribution is -0.117. The number of carbonyl (C=O) groups is 1. The molecule has 0 spiro atoms. The van der Waals surface area contributed by atoms with E-state index in [9.17, 15) is 4.79 Å². The molecule has 0 bridgehead atoms. The van der Waals surface area contributed by atoms with Gasteiger partial charge in [0.1, 0.15) is 6.04 Å². The molecule has 3 heterocycles. The Bertz CT molecular complexity index is 983. The number of carbonyl (C=O) groups excluding carboxylic acids is 1. The van der Waals surface area contributed by atoms with Gasteiger partial charge in [-0.25, -0.2) is 4.98 Å². The summed E-state index contributed by atoms with van der Waals surface area (Å²) >= 11 is 1.70. The third-order valence-corrected chi connectivity index (χ3v) is 5.84. The number of benzene rings is 1. The topological polar surface area (TPSA) is 46.9 Å². The molecule has 5 heteroatoms. The number of aromatic nitrogens is 2. The van der Waals surface area contributed by atoms with Gasteiger partial charge in [0.05, 0.1) is 11.0 Å². The van der Waals surface area contributed by atoms with Crippen LogP contribution in [0.5, 0.6) is 0 Å². The molecule has 5 rings (SSSR count). The van der Waals surface area contributed by atoms with Gasteiger partial charge in [-0.3, -0.25) is 9.36 Å². The Hall–Kier alpha value is -2.40. The normalized spacial score (nSPS) is 23.1. The Morgan fingerprint density at radius 3 is 2.92 bits per heavy atom. The van der Waals surface area contributed by atoms with Crippen molar-refractivity contribution in [3.05, 3.63) is 57.9 Å². The number of para-hydroxylation sites is 2. The van der Waals surface area contributed by atoms with Crippen molar-refractivity contribution in [3.8, 4) is 0 Å². The summed E-state index contributed by atoms with van der Waals surface area (Å²) < 4.78 is 2.19. The number of rotatable bonds is 1. The minimum atomic E-state index is -0.0661. The van der Waals surface area contributed by atoms with Crippen molar-refractivity contribution in [2.24, 2.45) is 5.92 Å². The highest BCUT2D eigenvalue weighted by Crippen LogP contribution is 2.44. The van der Waals surface area contributed by atoms with E-state index in [4.69, 9.17) is 4.98 Å². The zero-order chi connectivity index (χ0) is 16.3. The Morgan fingerprint density at radius 1 is 1.21 bits per heavy atom. The van der Waals surface area contributed by atoms with Gasteiger partial charge in [-0.1, -0.05) is 25.1 Å². The number of nitrogens with one attached hydrogen (secondary N) is 1. The molecule has 4 nitrogen and oxygen atoms in total. The predicted molar refractivity (Wildman–Crippen MR) is 96.2 cm³/mol. The van der Waals surface area contributed by atoms with Crippen molar-refractivity contribution in [2.45, 2.75) is 25.8 Å². The van der Waals surface area contributed by atoms with Crippen molar-refractivity contribution in [3.63, 3.8) is 0 Å². The van der Waals surface area contributed by atoms with Crippen molar-refractivity contribution in [1.82, 2.24) is 9.55 Å². The van der Waals surface area contributed by atoms with E-state index in [1.807, 2.05) is 18.2 Å². The Labute approximate surface area is 143 Å². The molecular formula is C19H17N3OS. The summed E-state index contributed by atoms with van der Waals surface area (Å²) in [5.41, 5.74) is 4.00. The molecule has 2 aliphatic rings. The third-order valence-electron chi connectivity index (χ3n) is 4.91. The van der Waals surface area contributed by atoms with Crippen LogP contribution in [-0.4, -0.2) is 15.3 Å². The molecule has 0 unspecified atom stereocenters. The van der Waals surface area contributed by atoms with E-state index in [2.05, 4.69) is 40.4 Å². The largest absolute Gasteiger partial charge is 0.329 e. The Balaban J connectivity index is 1.81. The molecule has 120 valence electrons. The van der Waals surface area contributed by atoms with Gasteiger partial charge in [-0.15, -0.1) is 11.3 Å². The number of imidazole rings is 1. The molecule has 0 saturated carbocycles. The lowest BCUT2D eigenvalue weighted by Crippen LogP contribution is -2.32. The van der Waals surface area contributed by atoms with Crippen molar-refractivity contribution in [1.29, 1.82) is 0 Å². The SMILES string of the molecule is C[C@H]1CC(=O)C2=C(C1)Nc1nc3ccccc3n1[C@H]2c1cccs1. The lowest BCUT2D eigenvalue weighted by atomic mass is 9.82. The smallest absolute Gasteiger partial charge is 0.209 e. The minimum Gasteiger partial charge on any atom is -0.329 e. The molecular weight excluding hydrogens is 318 g/mol. The number of anilines is 1. The van der Waals surface area contributed by atoms with E-state index in [0.717, 1.165) is 34.7 Å². The Morgan fingerprint density at radius 2 is 2.08 bits per heavy atom. The zero-order valence-electron chi connectivity index (χ0n) is 13.3. The number of hydrogen-bond acceptors (Lipinski definition) is 4. The van der Waals surface area contributed by atoms with Crippen LogP contribution in [0, 0.1) is 5.92 Å². The van der Waals surface area contributed by atoms with Crippen molar-refractivity contribution >= 4 is 34.1 Å². The summed E-state index contributed by atoms with van der Waals surface area (Å²) in [4.78, 5) is 18.8. The molecule has 1 N–H and O–H groups in total. The number of hydrogen-bond donors (Lipinski definition) is 1. The average Bonchev–Trinajstić information content (AvgIpc) is 3.20. The van der Waals surface area contributed by atoms with E-state index in [-0.39, 0.29) is 11.8 Å². The van der Waals surface area contributed by atoms with Gasteiger partial charge in [0.2, 0.25) is 5.95 Å². The first-order chi connectivity index (χ1) is 11.7. The highest BCUT2D eigenvalue weighted by molar-refractivity contribution is 7.10. The zero-order valence-corrected chi connectivity index (χ0v) is 14.1. The van der Waals surface area contributed by atoms with Crippen LogP contribution < -0.4 is 5.32 Å². The monoisotopic (exact) mass is 335 g/mol. The Kier molecular flexibility index (Phi) is 2.94. The van der Waals surface area contributed by atoms with Crippen LogP contribution in [0.1, 0.15) is 30.7 Å². The number of ketones is 1. The number of Topliss-reactive ketones (excluding diaryl/α,β-unsaturated/α-hetero) is 1. The van der Waals surface area contributed by atoms with Gasteiger partial charge in [-0.2, -0.15) is 0 Å². The van der Waals surface area contributed by atoms with Gasteiger partial charge < -0.3 is 5.32 Å². The molecule has 1 aliphatic heterocycles. The van der Waals surface area contributed by atoms with Crippen LogP contribution in [-0.2, 0) is 4.79 Å². The molecule has 0 saturated heterocycles. The van der Waals surface area contributed by atoms with Crippen LogP contribution in [0.15, 0.2) is 53.0 Å². The van der Waals surface area contributed by atoms with Crippen LogP contribution in [0.3, 0.4) is 0 Å². The summed E-state index contributed by atoms with van der Waals surface area (Å²) in [5.74, 6) is 1.48. The molecule has 2 aromatic heterocycles. The maximum absolute atomic E-state index is 12.9. The second kappa shape index (κ2) is 5.05. The fraction of sp³-hybridized carbons (Fsp3) is 0.263. The number of allylic oxidation sites excluding steroid dienone is 2. The molecule has 1 aliphatic carbocycles. The molecule has 0 amide bonds. The number of thiophene rings is 1. The standard InChI is InChI=1S/C19H17N3OS/c1-11-9-13-17(15(23)10-11)18(16-7-4-8-24-16)22-14-6-3-2-5-12(14)20-19(22)21-13/h2-8,11,18H,9-10H2,1H3,(H,20,21)/t11-,18+/m1/s1. The predicted octanol–water partition coefficient (Wildman–Crippen LogP) is 4.37. The first-order valence-corrected chi connectivity index (χ1v) is 9.14. The van der Waals surface area contributed by atoms with Crippen molar-refractivity contribution < 1.29 is 4.79 Å². The lowest BCUT2D eigenvalue weighted by Gasteiger charge is -2.34. The fourth-order valence-electron chi connectivity index (χ4n) is 3.94. The molecule has 2 atom stereocenters. The highest BCUT2D eigenvalue weighted by Gasteiger charge is 2.38. The fourth-order valence-corrected chi connectivity index (χ4v) is 4.76. The van der Waals surface area contributed by atoms with Gasteiger partial charge in [0, 0.05) is 22.6 Å². The molecule has 0 radical (unpaired) electrons. The summed E-state index contributed by atoms with van der Waals surface area (Å²) in [6.07, 6.45) is 1.54. The third kappa shape index (κ3) is 1.91. The van der Waals surface area contributed by atoms with E-state index in [1.165, 1.54) is 4.88 Å². The van der Waals surface area contributed by atoms with Gasteiger partial charge in [0.25, 0.3) is 0 Å². The van der Waals surface area contributed by atoms with Gasteiger partial charge in [-0.05, 0) is 35.9 Å². The maximum atomic E-state index is 12.9. The average molecular weight is 335 g/mol. The van der Waals surface area contributed by atoms with Crippen LogP contribution in [0.25, 0.3) is 11.0 Å². The van der Waals surface area contributed by atoms with E-state index in [0.29, 0.717) is 12.3 Å². The first-order valence-electron chi connectivity index (χ1n) is 8.26. The summed E-state index contributed by atoms with van der Waals surface area (Å²) in [5, 5.41) is 5.53. The van der Waals surface area contributed by atoms with Crippen LogP contribution >= 0.6 is 11.3 Å². The summed E-state index contributed by atoms with van der Waals surface area (Å²) in [6, 6.07) is 12.2. The van der Waals surface area contributed by atoms with Crippen LogP contribution in [0.2, 0.25) is 0 Å². The second-order valence-corrected chi connectivity index (χ2v) is 7.65. The quantitative estimate of drug-likeness (QED) is 0.718. The van der Waals surface area contributed by atoms with Gasteiger partial charge in [0.15, 0.2) is 5.78 Å². The minimum absolute atomic E-state index is 0.0661. The molecule has 3 aromatic rings. The molecule has 0 fully saturated rings. The summed E-state index contributed by atoms with van der Waals surface area (Å²) in [6.45, 7) is 2.14. The van der Waals surface area contributed by atoms with E-state index < -0.39 is 0 Å². The number of nitrogens with zero attached hydrogens (tertiary/aromatic N) is 2. The van der Waals surface area contributed by atoms with Crippen molar-refractivity contribution in [2.75, 3.05) is 5.32 Å². The summed E-state index contributed by atoms with van der Waals surface area (Å²) in [7, 11) is 0. The first kappa shape index (κ1) is 14.0. The van der Waals surface area contributed by atoms with Gasteiger partial charge >= 0.3 is 0 Å². The molecule has 1 aromatic carbocycles. The molecule has 24 heavy (non-hydrogen) atoms. The number of fused-ring (bicyclic) bond motifs is 3. The van der Waals surface area contributed by atoms with Crippen LogP contribution in [0.4, 0.5) is 5.95 Å². The maximum Gasteiger partial charge on any atom is 0.209 e. The van der Waals surface area contributed by atoms with E-state index in [1.54, 1.807) is 11.3 Å². The highest BCUT2D eigenvalue weighted by atomic mass is 32.1. The van der Waals surface area contributed by atoms with E-state index >= 15 is 0 Å². The second-order valence-electron chi connectivity index (χ2n) is 6.67.